The molecule has 1 heterocycles. The Labute approximate surface area is 119 Å². The number of aryl methyl sites for hydroxylation is 1. The molecule has 1 rings (SSSR count). The number of hydrogen-bond donors (Lipinski definition) is 1. The molecule has 1 aromatic rings. The maximum Gasteiger partial charge on any atom is 0.305 e. The second kappa shape index (κ2) is 6.85. The lowest BCUT2D eigenvalue weighted by molar-refractivity contribution is -0.137. The smallest absolute Gasteiger partial charge is 0.305 e. The molecule has 0 bridgehead atoms. The highest BCUT2D eigenvalue weighted by molar-refractivity contribution is 7.89. The summed E-state index contributed by atoms with van der Waals surface area (Å²) in [6.45, 7) is 4.03. The van der Waals surface area contributed by atoms with Crippen LogP contribution in [0.1, 0.15) is 33.1 Å². The van der Waals surface area contributed by atoms with Gasteiger partial charge in [-0.05, 0) is 12.8 Å². The Bertz CT molecular complexity index is 549. The third kappa shape index (κ3) is 3.80. The Morgan fingerprint density at radius 3 is 2.55 bits per heavy atom. The summed E-state index contributed by atoms with van der Waals surface area (Å²) in [6, 6.07) is -0.0534. The number of sulfonamides is 1. The van der Waals surface area contributed by atoms with E-state index in [2.05, 4.69) is 5.10 Å². The number of nitrogens with zero attached hydrogens (tertiary/aromatic N) is 3. The van der Waals surface area contributed by atoms with Gasteiger partial charge in [-0.2, -0.15) is 9.40 Å². The number of carbonyl (C=O) groups is 1. The van der Waals surface area contributed by atoms with Crippen molar-refractivity contribution in [3.63, 3.8) is 0 Å². The molecular formula is C12H21N3O4S. The minimum atomic E-state index is -3.58. The second-order valence-corrected chi connectivity index (χ2v) is 6.57. The first-order valence-corrected chi connectivity index (χ1v) is 7.99. The standard InChI is InChI=1S/C12H21N3O4S/c1-4-10(5-2)14(3)20(18,19)11-8-13-15(9-11)7-6-12(16)17/h8-10H,4-7H2,1-3H3,(H,16,17). The molecule has 8 heteroatoms. The van der Waals surface area contributed by atoms with Crippen molar-refractivity contribution in [3.8, 4) is 0 Å². The van der Waals surface area contributed by atoms with E-state index in [0.29, 0.717) is 0 Å². The molecule has 0 aromatic carbocycles. The molecule has 0 fully saturated rings. The van der Waals surface area contributed by atoms with E-state index in [-0.39, 0.29) is 23.9 Å². The van der Waals surface area contributed by atoms with Gasteiger partial charge in [0, 0.05) is 19.3 Å². The van der Waals surface area contributed by atoms with Gasteiger partial charge in [-0.3, -0.25) is 9.48 Å². The van der Waals surface area contributed by atoms with E-state index < -0.39 is 16.0 Å². The normalized spacial score (nSPS) is 12.2. The van der Waals surface area contributed by atoms with Crippen LogP contribution in [0.3, 0.4) is 0 Å². The first-order chi connectivity index (χ1) is 9.32. The lowest BCUT2D eigenvalue weighted by Gasteiger charge is -2.24. The van der Waals surface area contributed by atoms with Gasteiger partial charge < -0.3 is 5.11 Å². The SMILES string of the molecule is CCC(CC)N(C)S(=O)(=O)c1cnn(CCC(=O)O)c1. The van der Waals surface area contributed by atoms with Crippen molar-refractivity contribution in [2.24, 2.45) is 0 Å². The van der Waals surface area contributed by atoms with Crippen LogP contribution in [-0.2, 0) is 21.4 Å². The van der Waals surface area contributed by atoms with Crippen molar-refractivity contribution in [1.82, 2.24) is 14.1 Å². The molecule has 0 aliphatic carbocycles. The Hall–Kier alpha value is -1.41. The summed E-state index contributed by atoms with van der Waals surface area (Å²) < 4.78 is 27.5. The van der Waals surface area contributed by atoms with Gasteiger partial charge in [0.05, 0.1) is 19.2 Å². The predicted molar refractivity (Wildman–Crippen MR) is 73.8 cm³/mol. The molecule has 0 aliphatic heterocycles. The van der Waals surface area contributed by atoms with Gasteiger partial charge in [-0.15, -0.1) is 0 Å². The van der Waals surface area contributed by atoms with Gasteiger partial charge in [0.25, 0.3) is 0 Å². The molecule has 0 radical (unpaired) electrons. The summed E-state index contributed by atoms with van der Waals surface area (Å²) in [6.07, 6.45) is 4.01. The minimum Gasteiger partial charge on any atom is -0.481 e. The third-order valence-electron chi connectivity index (χ3n) is 3.30. The van der Waals surface area contributed by atoms with E-state index in [4.69, 9.17) is 5.11 Å². The number of carboxylic acids is 1. The quantitative estimate of drug-likeness (QED) is 0.778. The van der Waals surface area contributed by atoms with E-state index in [1.54, 1.807) is 7.05 Å². The van der Waals surface area contributed by atoms with Crippen LogP contribution >= 0.6 is 0 Å². The maximum absolute atomic E-state index is 12.4. The van der Waals surface area contributed by atoms with E-state index in [1.807, 2.05) is 13.8 Å². The van der Waals surface area contributed by atoms with Gasteiger partial charge in [-0.25, -0.2) is 8.42 Å². The fourth-order valence-corrected chi connectivity index (χ4v) is 3.43. The zero-order valence-corrected chi connectivity index (χ0v) is 12.8. The fourth-order valence-electron chi connectivity index (χ4n) is 1.98. The van der Waals surface area contributed by atoms with Crippen LogP contribution in [0.5, 0.6) is 0 Å². The molecule has 0 spiro atoms. The second-order valence-electron chi connectivity index (χ2n) is 4.57. The molecule has 7 nitrogen and oxygen atoms in total. The molecule has 1 N–H and O–H groups in total. The predicted octanol–water partition coefficient (Wildman–Crippen LogP) is 1.17. The Morgan fingerprint density at radius 1 is 1.45 bits per heavy atom. The van der Waals surface area contributed by atoms with Crippen molar-refractivity contribution in [1.29, 1.82) is 0 Å². The van der Waals surface area contributed by atoms with Crippen LogP contribution in [0.4, 0.5) is 0 Å². The summed E-state index contributed by atoms with van der Waals surface area (Å²) >= 11 is 0. The van der Waals surface area contributed by atoms with Crippen LogP contribution in [0, 0.1) is 0 Å². The van der Waals surface area contributed by atoms with Crippen LogP contribution < -0.4 is 0 Å². The molecule has 20 heavy (non-hydrogen) atoms. The Balaban J connectivity index is 2.90. The summed E-state index contributed by atoms with van der Waals surface area (Å²) in [7, 11) is -2.02. The molecule has 1 aromatic heterocycles. The molecular weight excluding hydrogens is 282 g/mol. The van der Waals surface area contributed by atoms with Crippen LogP contribution in [0.2, 0.25) is 0 Å². The summed E-state index contributed by atoms with van der Waals surface area (Å²) in [5, 5.41) is 12.5. The molecule has 114 valence electrons. The average Bonchev–Trinajstić information content (AvgIpc) is 2.87. The molecule has 0 amide bonds. The monoisotopic (exact) mass is 303 g/mol. The average molecular weight is 303 g/mol. The van der Waals surface area contributed by atoms with Crippen LogP contribution in [0.25, 0.3) is 0 Å². The van der Waals surface area contributed by atoms with E-state index in [9.17, 15) is 13.2 Å². The molecule has 0 unspecified atom stereocenters. The van der Waals surface area contributed by atoms with Crippen molar-refractivity contribution >= 4 is 16.0 Å². The highest BCUT2D eigenvalue weighted by atomic mass is 32.2. The van der Waals surface area contributed by atoms with Gasteiger partial charge in [0.1, 0.15) is 4.90 Å². The van der Waals surface area contributed by atoms with Crippen LogP contribution in [0.15, 0.2) is 17.3 Å². The first-order valence-electron chi connectivity index (χ1n) is 6.55. The van der Waals surface area contributed by atoms with Gasteiger partial charge in [-0.1, -0.05) is 13.8 Å². The fraction of sp³-hybridized carbons (Fsp3) is 0.667. The third-order valence-corrected chi connectivity index (χ3v) is 5.16. The van der Waals surface area contributed by atoms with Crippen LogP contribution in [-0.4, -0.2) is 46.7 Å². The largest absolute Gasteiger partial charge is 0.481 e. The first kappa shape index (κ1) is 16.6. The molecule has 0 aliphatic rings. The molecule has 0 atom stereocenters. The lowest BCUT2D eigenvalue weighted by atomic mass is 10.2. The van der Waals surface area contributed by atoms with Gasteiger partial charge >= 0.3 is 5.97 Å². The van der Waals surface area contributed by atoms with Crippen molar-refractivity contribution in [2.45, 2.75) is 50.6 Å². The van der Waals surface area contributed by atoms with Crippen molar-refractivity contribution in [3.05, 3.63) is 12.4 Å². The van der Waals surface area contributed by atoms with E-state index in [1.165, 1.54) is 21.4 Å². The number of rotatable bonds is 8. The van der Waals surface area contributed by atoms with E-state index >= 15 is 0 Å². The minimum absolute atomic E-state index is 0.0534. The van der Waals surface area contributed by atoms with Crippen molar-refractivity contribution < 1.29 is 18.3 Å². The maximum atomic E-state index is 12.4. The number of carboxylic acid groups (broad SMARTS) is 1. The number of aromatic nitrogens is 2. The number of aliphatic carboxylic acids is 1. The zero-order valence-electron chi connectivity index (χ0n) is 12.0. The van der Waals surface area contributed by atoms with Gasteiger partial charge in [0.2, 0.25) is 10.0 Å². The summed E-state index contributed by atoms with van der Waals surface area (Å²) in [5.41, 5.74) is 0. The Morgan fingerprint density at radius 2 is 2.05 bits per heavy atom. The zero-order chi connectivity index (χ0) is 15.3. The van der Waals surface area contributed by atoms with Crippen molar-refractivity contribution in [2.75, 3.05) is 7.05 Å². The lowest BCUT2D eigenvalue weighted by Crippen LogP contribution is -2.36. The summed E-state index contributed by atoms with van der Waals surface area (Å²) in [4.78, 5) is 10.6. The highest BCUT2D eigenvalue weighted by Crippen LogP contribution is 2.18. The van der Waals surface area contributed by atoms with Gasteiger partial charge in [0.15, 0.2) is 0 Å². The summed E-state index contributed by atoms with van der Waals surface area (Å²) in [5.74, 6) is -0.945. The molecule has 0 saturated heterocycles. The Kier molecular flexibility index (Phi) is 5.70. The highest BCUT2D eigenvalue weighted by Gasteiger charge is 2.27. The topological polar surface area (TPSA) is 92.5 Å². The van der Waals surface area contributed by atoms with E-state index in [0.717, 1.165) is 12.8 Å². The number of hydrogen-bond acceptors (Lipinski definition) is 4. The molecule has 0 saturated carbocycles.